The Morgan fingerprint density at radius 2 is 2.37 bits per heavy atom. The molecule has 0 aliphatic heterocycles. The van der Waals surface area contributed by atoms with Gasteiger partial charge in [-0.25, -0.2) is 0 Å². The molecular formula is C17H25NO. The minimum atomic E-state index is 0.506. The summed E-state index contributed by atoms with van der Waals surface area (Å²) in [6, 6.07) is 7.07. The highest BCUT2D eigenvalue weighted by Gasteiger charge is 2.19. The molecule has 2 heteroatoms. The molecule has 0 saturated heterocycles. The van der Waals surface area contributed by atoms with Crippen molar-refractivity contribution >= 4 is 0 Å². The van der Waals surface area contributed by atoms with E-state index < -0.39 is 0 Å². The first-order valence-electron chi connectivity index (χ1n) is 7.45. The molecule has 104 valence electrons. The van der Waals surface area contributed by atoms with E-state index in [9.17, 15) is 0 Å². The van der Waals surface area contributed by atoms with E-state index in [1.807, 2.05) is 6.08 Å². The van der Waals surface area contributed by atoms with Crippen molar-refractivity contribution < 1.29 is 4.74 Å². The van der Waals surface area contributed by atoms with Gasteiger partial charge in [-0.05, 0) is 61.9 Å². The molecule has 1 aromatic carbocycles. The van der Waals surface area contributed by atoms with Crippen LogP contribution in [-0.4, -0.2) is 13.2 Å². The number of hydrogen-bond donors (Lipinski definition) is 1. The molecule has 1 unspecified atom stereocenters. The van der Waals surface area contributed by atoms with Gasteiger partial charge in [0.2, 0.25) is 0 Å². The molecule has 0 spiro atoms. The number of benzene rings is 1. The summed E-state index contributed by atoms with van der Waals surface area (Å²) >= 11 is 0. The Bertz CT molecular complexity index is 414. The molecule has 0 aromatic heterocycles. The number of aryl methyl sites for hydroxylation is 1. The summed E-state index contributed by atoms with van der Waals surface area (Å²) in [6.07, 6.45) is 7.70. The van der Waals surface area contributed by atoms with Gasteiger partial charge < -0.3 is 10.1 Å². The van der Waals surface area contributed by atoms with Crippen LogP contribution >= 0.6 is 0 Å². The second-order valence-corrected chi connectivity index (χ2v) is 5.19. The van der Waals surface area contributed by atoms with Crippen LogP contribution in [-0.2, 0) is 6.42 Å². The first kappa shape index (κ1) is 14.1. The molecular weight excluding hydrogens is 234 g/mol. The van der Waals surface area contributed by atoms with Crippen LogP contribution in [0.5, 0.6) is 5.75 Å². The standard InChI is InChI=1S/C17H25NO/c1-3-5-12-19-15-10-9-14-7-6-8-17(16(14)13-15)18-11-4-2/h3,9-10,13,17-18H,1,4-8,11-12H2,2H3. The lowest BCUT2D eigenvalue weighted by Gasteiger charge is -2.27. The Balaban J connectivity index is 2.08. The second-order valence-electron chi connectivity index (χ2n) is 5.19. The first-order chi connectivity index (χ1) is 9.35. The molecule has 0 radical (unpaired) electrons. The molecule has 0 amide bonds. The minimum absolute atomic E-state index is 0.506. The van der Waals surface area contributed by atoms with Crippen molar-refractivity contribution in [1.82, 2.24) is 5.32 Å². The molecule has 1 atom stereocenters. The molecule has 1 aliphatic rings. The van der Waals surface area contributed by atoms with E-state index in [-0.39, 0.29) is 0 Å². The summed E-state index contributed by atoms with van der Waals surface area (Å²) in [5.74, 6) is 0.991. The molecule has 2 nitrogen and oxygen atoms in total. The van der Waals surface area contributed by atoms with Gasteiger partial charge in [-0.15, -0.1) is 6.58 Å². The largest absolute Gasteiger partial charge is 0.493 e. The van der Waals surface area contributed by atoms with E-state index in [4.69, 9.17) is 4.74 Å². The van der Waals surface area contributed by atoms with Crippen molar-refractivity contribution in [2.24, 2.45) is 0 Å². The molecule has 0 fully saturated rings. The third kappa shape index (κ3) is 3.84. The summed E-state index contributed by atoms with van der Waals surface area (Å²) in [5.41, 5.74) is 2.92. The normalized spacial score (nSPS) is 17.8. The molecule has 19 heavy (non-hydrogen) atoms. The fourth-order valence-corrected chi connectivity index (χ4v) is 2.66. The van der Waals surface area contributed by atoms with Crippen LogP contribution in [0.3, 0.4) is 0 Å². The van der Waals surface area contributed by atoms with Gasteiger partial charge in [-0.1, -0.05) is 19.1 Å². The third-order valence-electron chi connectivity index (χ3n) is 3.66. The predicted molar refractivity (Wildman–Crippen MR) is 80.7 cm³/mol. The number of nitrogens with one attached hydrogen (secondary N) is 1. The van der Waals surface area contributed by atoms with Crippen LogP contribution in [0.2, 0.25) is 0 Å². The molecule has 2 rings (SSSR count). The van der Waals surface area contributed by atoms with Gasteiger partial charge in [0.25, 0.3) is 0 Å². The molecule has 1 aromatic rings. The number of ether oxygens (including phenoxy) is 1. The highest BCUT2D eigenvalue weighted by molar-refractivity contribution is 5.39. The van der Waals surface area contributed by atoms with Crippen molar-refractivity contribution in [3.05, 3.63) is 42.0 Å². The summed E-state index contributed by atoms with van der Waals surface area (Å²) in [6.45, 7) is 7.74. The molecule has 0 saturated carbocycles. The van der Waals surface area contributed by atoms with Crippen molar-refractivity contribution in [2.45, 2.75) is 45.1 Å². The lowest BCUT2D eigenvalue weighted by molar-refractivity contribution is 0.323. The number of hydrogen-bond acceptors (Lipinski definition) is 2. The summed E-state index contributed by atoms with van der Waals surface area (Å²) < 4.78 is 5.77. The van der Waals surface area contributed by atoms with Gasteiger partial charge in [-0.2, -0.15) is 0 Å². The number of fused-ring (bicyclic) bond motifs is 1. The van der Waals surface area contributed by atoms with Crippen LogP contribution in [0.25, 0.3) is 0 Å². The van der Waals surface area contributed by atoms with E-state index >= 15 is 0 Å². The monoisotopic (exact) mass is 259 g/mol. The van der Waals surface area contributed by atoms with Crippen LogP contribution in [0.4, 0.5) is 0 Å². The van der Waals surface area contributed by atoms with Crippen LogP contribution in [0, 0.1) is 0 Å². The van der Waals surface area contributed by atoms with Crippen molar-refractivity contribution in [2.75, 3.05) is 13.2 Å². The van der Waals surface area contributed by atoms with E-state index in [1.54, 1.807) is 0 Å². The zero-order valence-corrected chi connectivity index (χ0v) is 12.0. The maximum atomic E-state index is 5.77. The number of rotatable bonds is 7. The van der Waals surface area contributed by atoms with E-state index in [1.165, 1.54) is 36.8 Å². The second kappa shape index (κ2) is 7.34. The fraction of sp³-hybridized carbons (Fsp3) is 0.529. The van der Waals surface area contributed by atoms with Gasteiger partial charge >= 0.3 is 0 Å². The Kier molecular flexibility index (Phi) is 5.46. The summed E-state index contributed by atoms with van der Waals surface area (Å²) in [4.78, 5) is 0. The quantitative estimate of drug-likeness (QED) is 0.590. The van der Waals surface area contributed by atoms with Crippen LogP contribution < -0.4 is 10.1 Å². The third-order valence-corrected chi connectivity index (χ3v) is 3.66. The predicted octanol–water partition coefficient (Wildman–Crippen LogP) is 4.02. The van der Waals surface area contributed by atoms with Gasteiger partial charge in [0, 0.05) is 6.04 Å². The van der Waals surface area contributed by atoms with Crippen molar-refractivity contribution in [3.8, 4) is 5.75 Å². The summed E-state index contributed by atoms with van der Waals surface area (Å²) in [7, 11) is 0. The zero-order chi connectivity index (χ0) is 13.5. The average molecular weight is 259 g/mol. The van der Waals surface area contributed by atoms with Crippen LogP contribution in [0.15, 0.2) is 30.9 Å². The summed E-state index contributed by atoms with van der Waals surface area (Å²) in [5, 5.41) is 3.65. The molecule has 1 aliphatic carbocycles. The van der Waals surface area contributed by atoms with E-state index in [0.29, 0.717) is 6.04 Å². The van der Waals surface area contributed by atoms with E-state index in [0.717, 1.165) is 25.3 Å². The van der Waals surface area contributed by atoms with E-state index in [2.05, 4.69) is 37.0 Å². The lowest BCUT2D eigenvalue weighted by Crippen LogP contribution is -2.25. The highest BCUT2D eigenvalue weighted by atomic mass is 16.5. The highest BCUT2D eigenvalue weighted by Crippen LogP contribution is 2.32. The fourth-order valence-electron chi connectivity index (χ4n) is 2.66. The molecule has 0 heterocycles. The van der Waals surface area contributed by atoms with Crippen molar-refractivity contribution in [1.29, 1.82) is 0 Å². The van der Waals surface area contributed by atoms with Gasteiger partial charge in [0.1, 0.15) is 5.75 Å². The Morgan fingerprint density at radius 1 is 1.47 bits per heavy atom. The average Bonchev–Trinajstić information content (AvgIpc) is 2.45. The maximum absolute atomic E-state index is 5.77. The smallest absolute Gasteiger partial charge is 0.119 e. The Morgan fingerprint density at radius 3 is 3.16 bits per heavy atom. The van der Waals surface area contributed by atoms with Gasteiger partial charge in [0.05, 0.1) is 6.61 Å². The zero-order valence-electron chi connectivity index (χ0n) is 12.0. The van der Waals surface area contributed by atoms with Gasteiger partial charge in [-0.3, -0.25) is 0 Å². The Hall–Kier alpha value is -1.28. The Labute approximate surface area is 116 Å². The molecule has 1 N–H and O–H groups in total. The van der Waals surface area contributed by atoms with Crippen LogP contribution in [0.1, 0.15) is 49.8 Å². The van der Waals surface area contributed by atoms with Crippen molar-refractivity contribution in [3.63, 3.8) is 0 Å². The maximum Gasteiger partial charge on any atom is 0.119 e. The molecule has 0 bridgehead atoms. The SMILES string of the molecule is C=CCCOc1ccc2c(c1)C(NCCC)CCC2. The minimum Gasteiger partial charge on any atom is -0.493 e. The lowest BCUT2D eigenvalue weighted by atomic mass is 9.87. The van der Waals surface area contributed by atoms with Gasteiger partial charge in [0.15, 0.2) is 0 Å². The first-order valence-corrected chi connectivity index (χ1v) is 7.45. The topological polar surface area (TPSA) is 21.3 Å².